The minimum atomic E-state index is -0.0907. The van der Waals surface area contributed by atoms with Crippen LogP contribution in [0.4, 0.5) is 5.82 Å². The highest BCUT2D eigenvalue weighted by molar-refractivity contribution is 5.76. The van der Waals surface area contributed by atoms with Crippen molar-refractivity contribution in [3.8, 4) is 22.8 Å². The van der Waals surface area contributed by atoms with E-state index in [1.165, 1.54) is 0 Å². The highest BCUT2D eigenvalue weighted by atomic mass is 16.7. The highest BCUT2D eigenvalue weighted by Crippen LogP contribution is 2.38. The second-order valence-electron chi connectivity index (χ2n) is 4.86. The van der Waals surface area contributed by atoms with Crippen LogP contribution in [0.2, 0.25) is 0 Å². The van der Waals surface area contributed by atoms with Gasteiger partial charge in [-0.05, 0) is 41.1 Å². The van der Waals surface area contributed by atoms with Gasteiger partial charge in [0.25, 0.3) is 0 Å². The van der Waals surface area contributed by atoms with Gasteiger partial charge in [-0.1, -0.05) is 0 Å². The van der Waals surface area contributed by atoms with E-state index in [-0.39, 0.29) is 19.2 Å². The molecule has 0 bridgehead atoms. The second kappa shape index (κ2) is 4.81. The second-order valence-corrected chi connectivity index (χ2v) is 4.86. The van der Waals surface area contributed by atoms with Gasteiger partial charge in [0.05, 0.1) is 6.61 Å². The molecule has 0 aliphatic carbocycles. The predicted octanol–water partition coefficient (Wildman–Crippen LogP) is 2.62. The number of aliphatic hydroxyl groups excluding tert-OH is 1. The van der Waals surface area contributed by atoms with Crippen LogP contribution in [0.15, 0.2) is 41.7 Å². The number of imidazole rings is 1. The van der Waals surface area contributed by atoms with Gasteiger partial charge in [-0.3, -0.25) is 4.40 Å². The lowest BCUT2D eigenvalue weighted by atomic mass is 10.1. The molecule has 7 heteroatoms. The topological polar surface area (TPSA) is 85.4 Å². The van der Waals surface area contributed by atoms with Crippen molar-refractivity contribution in [1.29, 1.82) is 0 Å². The van der Waals surface area contributed by atoms with Gasteiger partial charge in [-0.25, -0.2) is 4.98 Å². The largest absolute Gasteiger partial charge is 0.454 e. The quantitative estimate of drug-likeness (QED) is 0.751. The SMILES string of the molecule is O=Nc1c(-c2ccc3c(c2)OCO3)nc2cc(CO)ccn12. The van der Waals surface area contributed by atoms with Crippen LogP contribution in [0.25, 0.3) is 16.9 Å². The van der Waals surface area contributed by atoms with E-state index in [2.05, 4.69) is 10.2 Å². The van der Waals surface area contributed by atoms with E-state index in [4.69, 9.17) is 9.47 Å². The number of nitroso groups, excluding NO2 is 1. The average Bonchev–Trinajstić information content (AvgIpc) is 3.16. The molecule has 3 aromatic rings. The lowest BCUT2D eigenvalue weighted by molar-refractivity contribution is 0.174. The fourth-order valence-electron chi connectivity index (χ4n) is 2.50. The number of aromatic nitrogens is 2. The van der Waals surface area contributed by atoms with Crippen molar-refractivity contribution < 1.29 is 14.6 Å². The number of rotatable bonds is 3. The molecule has 0 saturated heterocycles. The number of nitrogens with zero attached hydrogens (tertiary/aromatic N) is 3. The normalized spacial score (nSPS) is 12.8. The number of pyridine rings is 1. The summed E-state index contributed by atoms with van der Waals surface area (Å²) < 4.78 is 12.2. The third-order valence-electron chi connectivity index (χ3n) is 3.58. The Hall–Kier alpha value is -2.93. The molecule has 4 rings (SSSR count). The highest BCUT2D eigenvalue weighted by Gasteiger charge is 2.19. The fraction of sp³-hybridized carbons (Fsp3) is 0.133. The molecule has 1 aliphatic rings. The van der Waals surface area contributed by atoms with Crippen LogP contribution >= 0.6 is 0 Å². The van der Waals surface area contributed by atoms with Crippen molar-refractivity contribution in [1.82, 2.24) is 9.38 Å². The van der Waals surface area contributed by atoms with Gasteiger partial charge in [-0.15, -0.1) is 4.91 Å². The van der Waals surface area contributed by atoms with E-state index in [1.54, 1.807) is 40.9 Å². The molecule has 1 aliphatic heterocycles. The number of aliphatic hydroxyl groups is 1. The smallest absolute Gasteiger partial charge is 0.231 e. The first-order valence-corrected chi connectivity index (χ1v) is 6.65. The maximum atomic E-state index is 11.2. The number of hydrogen-bond donors (Lipinski definition) is 1. The van der Waals surface area contributed by atoms with Crippen molar-refractivity contribution in [2.75, 3.05) is 6.79 Å². The third-order valence-corrected chi connectivity index (χ3v) is 3.58. The Morgan fingerprint density at radius 3 is 2.91 bits per heavy atom. The van der Waals surface area contributed by atoms with Crippen molar-refractivity contribution in [3.05, 3.63) is 47.0 Å². The average molecular weight is 297 g/mol. The van der Waals surface area contributed by atoms with Gasteiger partial charge in [0, 0.05) is 11.8 Å². The van der Waals surface area contributed by atoms with Gasteiger partial charge in [0.15, 0.2) is 11.5 Å². The van der Waals surface area contributed by atoms with E-state index in [0.717, 1.165) is 0 Å². The number of fused-ring (bicyclic) bond motifs is 2. The lowest BCUT2D eigenvalue weighted by Crippen LogP contribution is -1.92. The zero-order valence-corrected chi connectivity index (χ0v) is 11.4. The molecule has 22 heavy (non-hydrogen) atoms. The first-order chi connectivity index (χ1) is 10.8. The summed E-state index contributed by atoms with van der Waals surface area (Å²) in [6, 6.07) is 8.77. The summed E-state index contributed by atoms with van der Waals surface area (Å²) >= 11 is 0. The Kier molecular flexibility index (Phi) is 2.80. The Morgan fingerprint density at radius 2 is 2.09 bits per heavy atom. The molecule has 0 atom stereocenters. The van der Waals surface area contributed by atoms with Gasteiger partial charge in [0.1, 0.15) is 11.3 Å². The number of benzene rings is 1. The third kappa shape index (κ3) is 1.83. The van der Waals surface area contributed by atoms with Gasteiger partial charge in [-0.2, -0.15) is 0 Å². The van der Waals surface area contributed by atoms with Crippen molar-refractivity contribution in [2.45, 2.75) is 6.61 Å². The summed E-state index contributed by atoms with van der Waals surface area (Å²) in [5.74, 6) is 1.48. The molecule has 110 valence electrons. The number of hydrogen-bond acceptors (Lipinski definition) is 6. The molecule has 1 aromatic carbocycles. The maximum absolute atomic E-state index is 11.2. The Labute approximate surface area is 124 Å². The van der Waals surface area contributed by atoms with E-state index in [1.807, 2.05) is 0 Å². The first kappa shape index (κ1) is 12.8. The Balaban J connectivity index is 1.92. The van der Waals surface area contributed by atoms with Crippen molar-refractivity contribution in [3.63, 3.8) is 0 Å². The zero-order chi connectivity index (χ0) is 15.1. The van der Waals surface area contributed by atoms with Gasteiger partial charge in [0.2, 0.25) is 12.6 Å². The molecule has 2 aromatic heterocycles. The van der Waals surface area contributed by atoms with Crippen LogP contribution < -0.4 is 9.47 Å². The monoisotopic (exact) mass is 297 g/mol. The standard InChI is InChI=1S/C15H11N3O4/c19-7-9-3-4-18-13(5-9)16-14(15(18)17-20)10-1-2-11-12(6-10)22-8-21-11/h1-6,19H,7-8H2. The summed E-state index contributed by atoms with van der Waals surface area (Å²) in [5, 5.41) is 12.3. The minimum Gasteiger partial charge on any atom is -0.454 e. The molecule has 7 nitrogen and oxygen atoms in total. The van der Waals surface area contributed by atoms with Crippen LogP contribution in [0, 0.1) is 4.91 Å². The molecule has 0 unspecified atom stereocenters. The molecule has 0 amide bonds. The molecule has 1 N–H and O–H groups in total. The molecule has 3 heterocycles. The minimum absolute atomic E-state index is 0.0907. The van der Waals surface area contributed by atoms with E-state index < -0.39 is 0 Å². The first-order valence-electron chi connectivity index (χ1n) is 6.65. The number of ether oxygens (including phenoxy) is 2. The Bertz CT molecular complexity index is 888. The lowest BCUT2D eigenvalue weighted by Gasteiger charge is -2.00. The molecule has 0 fully saturated rings. The van der Waals surface area contributed by atoms with Crippen LogP contribution in [-0.4, -0.2) is 21.3 Å². The van der Waals surface area contributed by atoms with Gasteiger partial charge >= 0.3 is 0 Å². The van der Waals surface area contributed by atoms with Crippen molar-refractivity contribution >= 4 is 11.5 Å². The van der Waals surface area contributed by atoms with Crippen molar-refractivity contribution in [2.24, 2.45) is 5.18 Å². The predicted molar refractivity (Wildman–Crippen MR) is 78.1 cm³/mol. The summed E-state index contributed by atoms with van der Waals surface area (Å²) in [7, 11) is 0. The summed E-state index contributed by atoms with van der Waals surface area (Å²) in [5.41, 5.74) is 2.44. The van der Waals surface area contributed by atoms with E-state index >= 15 is 0 Å². The molecular formula is C15H11N3O4. The molecule has 0 saturated carbocycles. The van der Waals surface area contributed by atoms with Gasteiger partial charge < -0.3 is 14.6 Å². The van der Waals surface area contributed by atoms with E-state index in [9.17, 15) is 10.0 Å². The fourth-order valence-corrected chi connectivity index (χ4v) is 2.50. The summed E-state index contributed by atoms with van der Waals surface area (Å²) in [6.45, 7) is 0.0924. The molecular weight excluding hydrogens is 286 g/mol. The van der Waals surface area contributed by atoms with Crippen LogP contribution in [0.3, 0.4) is 0 Å². The van der Waals surface area contributed by atoms with E-state index in [0.29, 0.717) is 34.0 Å². The summed E-state index contributed by atoms with van der Waals surface area (Å²) in [6.07, 6.45) is 1.67. The Morgan fingerprint density at radius 1 is 1.23 bits per heavy atom. The van der Waals surface area contributed by atoms with Crippen LogP contribution in [0.1, 0.15) is 5.56 Å². The molecule has 0 spiro atoms. The summed E-state index contributed by atoms with van der Waals surface area (Å²) in [4.78, 5) is 15.7. The zero-order valence-electron chi connectivity index (χ0n) is 11.4. The maximum Gasteiger partial charge on any atom is 0.231 e. The van der Waals surface area contributed by atoms with Crippen LogP contribution in [-0.2, 0) is 6.61 Å². The van der Waals surface area contributed by atoms with Crippen LogP contribution in [0.5, 0.6) is 11.5 Å². The molecule has 0 radical (unpaired) electrons.